The number of aromatic carboxylic acids is 1. The molecule has 4 nitrogen and oxygen atoms in total. The number of halogens is 1. The molecule has 0 aliphatic carbocycles. The second-order valence-corrected chi connectivity index (χ2v) is 4.11. The maximum absolute atomic E-state index is 11.2. The largest absolute Gasteiger partial charge is 0.478 e. The first-order valence-electron chi connectivity index (χ1n) is 4.39. The predicted octanol–water partition coefficient (Wildman–Crippen LogP) is 2.28. The Hall–Kier alpha value is -1.67. The van der Waals surface area contributed by atoms with Gasteiger partial charge in [-0.25, -0.2) is 4.79 Å². The van der Waals surface area contributed by atoms with Crippen LogP contribution in [-0.2, 0) is 4.79 Å². The van der Waals surface area contributed by atoms with E-state index in [0.717, 1.165) is 0 Å². The van der Waals surface area contributed by atoms with E-state index in [9.17, 15) is 9.59 Å². The molecule has 0 aromatic heterocycles. The number of rotatable bonds is 3. The molecule has 1 unspecified atom stereocenters. The zero-order valence-corrected chi connectivity index (χ0v) is 9.98. The number of hydrogen-bond donors (Lipinski definition) is 1. The molecular formula is C11H8BrNO3. The van der Waals surface area contributed by atoms with Crippen molar-refractivity contribution in [2.75, 3.05) is 0 Å². The monoisotopic (exact) mass is 281 g/mol. The van der Waals surface area contributed by atoms with Gasteiger partial charge in [0.05, 0.1) is 22.0 Å². The molecule has 0 spiro atoms. The van der Waals surface area contributed by atoms with Gasteiger partial charge in [-0.2, -0.15) is 5.26 Å². The molecule has 1 aromatic carbocycles. The Labute approximate surface area is 101 Å². The number of benzene rings is 1. The van der Waals surface area contributed by atoms with Gasteiger partial charge in [-0.1, -0.05) is 15.9 Å². The lowest BCUT2D eigenvalue weighted by Crippen LogP contribution is -2.09. The van der Waals surface area contributed by atoms with Crippen LogP contribution in [0.2, 0.25) is 0 Å². The van der Waals surface area contributed by atoms with Gasteiger partial charge in [-0.05, 0) is 30.7 Å². The molecule has 0 fully saturated rings. The highest BCUT2D eigenvalue weighted by Gasteiger charge is 2.20. The van der Waals surface area contributed by atoms with E-state index in [1.54, 1.807) is 0 Å². The summed E-state index contributed by atoms with van der Waals surface area (Å²) < 4.78 is 0. The summed E-state index contributed by atoms with van der Waals surface area (Å²) in [7, 11) is 0. The summed E-state index contributed by atoms with van der Waals surface area (Å²) in [5.41, 5.74) is 0.654. The molecule has 0 radical (unpaired) electrons. The third-order valence-electron chi connectivity index (χ3n) is 2.04. The van der Waals surface area contributed by atoms with Crippen LogP contribution in [0.1, 0.15) is 33.2 Å². The molecule has 16 heavy (non-hydrogen) atoms. The third-order valence-corrected chi connectivity index (χ3v) is 3.18. The fourth-order valence-corrected chi connectivity index (χ4v) is 1.63. The maximum atomic E-state index is 11.2. The van der Waals surface area contributed by atoms with Crippen LogP contribution in [0.4, 0.5) is 0 Å². The van der Waals surface area contributed by atoms with E-state index in [0.29, 0.717) is 11.1 Å². The Kier molecular flexibility index (Phi) is 3.80. The molecule has 0 saturated heterocycles. The van der Waals surface area contributed by atoms with Crippen molar-refractivity contribution >= 4 is 27.7 Å². The van der Waals surface area contributed by atoms with E-state index in [4.69, 9.17) is 10.4 Å². The minimum absolute atomic E-state index is 0.0241. The van der Waals surface area contributed by atoms with Crippen molar-refractivity contribution in [2.45, 2.75) is 11.8 Å². The van der Waals surface area contributed by atoms with Gasteiger partial charge in [0.25, 0.3) is 0 Å². The molecule has 0 bridgehead atoms. The fraction of sp³-hybridized carbons (Fsp3) is 0.182. The van der Waals surface area contributed by atoms with Crippen molar-refractivity contribution in [1.82, 2.24) is 0 Å². The first kappa shape index (κ1) is 12.4. The minimum Gasteiger partial charge on any atom is -0.478 e. The normalized spacial score (nSPS) is 11.6. The first-order valence-corrected chi connectivity index (χ1v) is 5.30. The maximum Gasteiger partial charge on any atom is 0.336 e. The SMILES string of the molecule is CC(=O)C(Br)c1cc(C#N)ccc1C(=O)O. The summed E-state index contributed by atoms with van der Waals surface area (Å²) in [6, 6.07) is 6.05. The second-order valence-electron chi connectivity index (χ2n) is 3.19. The van der Waals surface area contributed by atoms with Crippen LogP contribution in [0.25, 0.3) is 0 Å². The van der Waals surface area contributed by atoms with Crippen molar-refractivity contribution in [3.8, 4) is 6.07 Å². The van der Waals surface area contributed by atoms with Crippen molar-refractivity contribution in [1.29, 1.82) is 5.26 Å². The summed E-state index contributed by atoms with van der Waals surface area (Å²) in [5.74, 6) is -1.33. The molecular weight excluding hydrogens is 274 g/mol. The fourth-order valence-electron chi connectivity index (χ4n) is 1.26. The Balaban J connectivity index is 3.38. The zero-order valence-electron chi connectivity index (χ0n) is 8.40. The van der Waals surface area contributed by atoms with Crippen molar-refractivity contribution in [3.05, 3.63) is 34.9 Å². The number of alkyl halides is 1. The Morgan fingerprint density at radius 1 is 1.50 bits per heavy atom. The zero-order chi connectivity index (χ0) is 12.3. The molecule has 1 atom stereocenters. The highest BCUT2D eigenvalue weighted by Crippen LogP contribution is 2.27. The quantitative estimate of drug-likeness (QED) is 0.863. The lowest BCUT2D eigenvalue weighted by molar-refractivity contribution is -0.116. The molecule has 5 heteroatoms. The number of ketones is 1. The second kappa shape index (κ2) is 4.90. The van der Waals surface area contributed by atoms with Gasteiger partial charge in [0.2, 0.25) is 0 Å². The topological polar surface area (TPSA) is 78.2 Å². The Bertz CT molecular complexity index is 490. The summed E-state index contributed by atoms with van der Waals surface area (Å²) in [4.78, 5) is 21.4. The molecule has 0 aliphatic rings. The number of carboxylic acid groups (broad SMARTS) is 1. The number of nitrogens with zero attached hydrogens (tertiary/aromatic N) is 1. The van der Waals surface area contributed by atoms with Gasteiger partial charge in [0.15, 0.2) is 0 Å². The highest BCUT2D eigenvalue weighted by molar-refractivity contribution is 9.09. The van der Waals surface area contributed by atoms with E-state index < -0.39 is 10.8 Å². The molecule has 1 aromatic rings. The average Bonchev–Trinajstić information content (AvgIpc) is 2.26. The number of carbonyl (C=O) groups is 2. The Morgan fingerprint density at radius 3 is 2.56 bits per heavy atom. The highest BCUT2D eigenvalue weighted by atomic mass is 79.9. The van der Waals surface area contributed by atoms with Gasteiger partial charge in [0, 0.05) is 0 Å². The summed E-state index contributed by atoms with van der Waals surface area (Å²) >= 11 is 3.11. The molecule has 1 rings (SSSR count). The summed E-state index contributed by atoms with van der Waals surface area (Å²) in [6.45, 7) is 1.35. The lowest BCUT2D eigenvalue weighted by atomic mass is 10.00. The molecule has 82 valence electrons. The van der Waals surface area contributed by atoms with Crippen LogP contribution in [0.5, 0.6) is 0 Å². The van der Waals surface area contributed by atoms with Crippen LogP contribution in [0.15, 0.2) is 18.2 Å². The predicted molar refractivity (Wildman–Crippen MR) is 60.5 cm³/mol. The van der Waals surface area contributed by atoms with Gasteiger partial charge < -0.3 is 5.11 Å². The summed E-state index contributed by atoms with van der Waals surface area (Å²) in [5, 5.41) is 17.7. The number of hydrogen-bond acceptors (Lipinski definition) is 3. The number of carboxylic acids is 1. The van der Waals surface area contributed by atoms with Gasteiger partial charge >= 0.3 is 5.97 Å². The molecule has 0 amide bonds. The molecule has 0 heterocycles. The van der Waals surface area contributed by atoms with Crippen molar-refractivity contribution < 1.29 is 14.7 Å². The Morgan fingerprint density at radius 2 is 2.12 bits per heavy atom. The molecule has 1 N–H and O–H groups in total. The van der Waals surface area contributed by atoms with Gasteiger partial charge in [0.1, 0.15) is 5.78 Å². The number of nitriles is 1. The summed E-state index contributed by atoms with van der Waals surface area (Å²) in [6.07, 6.45) is 0. The van der Waals surface area contributed by atoms with Crippen LogP contribution in [0.3, 0.4) is 0 Å². The number of carbonyl (C=O) groups excluding carboxylic acids is 1. The molecule has 0 aliphatic heterocycles. The van der Waals surface area contributed by atoms with E-state index in [-0.39, 0.29) is 11.3 Å². The first-order chi connectivity index (χ1) is 7.47. The van der Waals surface area contributed by atoms with Crippen molar-refractivity contribution in [2.24, 2.45) is 0 Å². The van der Waals surface area contributed by atoms with E-state index in [1.165, 1.54) is 25.1 Å². The standard InChI is InChI=1S/C11H8BrNO3/c1-6(14)10(12)9-4-7(5-13)2-3-8(9)11(15)16/h2-4,10H,1H3,(H,15,16). The van der Waals surface area contributed by atoms with Gasteiger partial charge in [-0.3, -0.25) is 4.79 Å². The minimum atomic E-state index is -1.12. The molecule has 0 saturated carbocycles. The van der Waals surface area contributed by atoms with Crippen LogP contribution < -0.4 is 0 Å². The van der Waals surface area contributed by atoms with Crippen LogP contribution >= 0.6 is 15.9 Å². The van der Waals surface area contributed by atoms with Gasteiger partial charge in [-0.15, -0.1) is 0 Å². The number of Topliss-reactive ketones (excluding diaryl/α,β-unsaturated/α-hetero) is 1. The van der Waals surface area contributed by atoms with E-state index in [2.05, 4.69) is 15.9 Å². The van der Waals surface area contributed by atoms with Crippen molar-refractivity contribution in [3.63, 3.8) is 0 Å². The van der Waals surface area contributed by atoms with Crippen LogP contribution in [-0.4, -0.2) is 16.9 Å². The van der Waals surface area contributed by atoms with Crippen LogP contribution in [0, 0.1) is 11.3 Å². The average molecular weight is 282 g/mol. The lowest BCUT2D eigenvalue weighted by Gasteiger charge is -2.10. The smallest absolute Gasteiger partial charge is 0.336 e. The van der Waals surface area contributed by atoms with E-state index >= 15 is 0 Å². The third kappa shape index (κ3) is 2.47. The van der Waals surface area contributed by atoms with E-state index in [1.807, 2.05) is 6.07 Å².